The summed E-state index contributed by atoms with van der Waals surface area (Å²) in [5, 5.41) is 18.0. The Balaban J connectivity index is 2.42. The highest BCUT2D eigenvalue weighted by atomic mass is 19.1. The molecule has 1 aliphatic rings. The lowest BCUT2D eigenvalue weighted by Gasteiger charge is -2.25. The smallest absolute Gasteiger partial charge is 0.340 e. The molecule has 0 saturated heterocycles. The molecule has 1 unspecified atom stereocenters. The fraction of sp³-hybridized carbons (Fsp3) is 0.417. The summed E-state index contributed by atoms with van der Waals surface area (Å²) in [6.45, 7) is -0.297. The number of hydrogen-bond acceptors (Lipinski definition) is 3. The Morgan fingerprint density at radius 2 is 2.29 bits per heavy atom. The van der Waals surface area contributed by atoms with Gasteiger partial charge in [0.05, 0.1) is 13.2 Å². The Morgan fingerprint density at radius 3 is 2.94 bits per heavy atom. The summed E-state index contributed by atoms with van der Waals surface area (Å²) in [5.41, 5.74) is -0.295. The van der Waals surface area contributed by atoms with Crippen LogP contribution in [0.5, 0.6) is 0 Å². The van der Waals surface area contributed by atoms with Crippen molar-refractivity contribution in [1.29, 1.82) is 0 Å². The average molecular weight is 240 g/mol. The van der Waals surface area contributed by atoms with Gasteiger partial charge in [-0.15, -0.1) is 0 Å². The Bertz CT molecular complexity index is 446. The highest BCUT2D eigenvalue weighted by Gasteiger charge is 2.46. The Morgan fingerprint density at radius 1 is 1.53 bits per heavy atom. The molecule has 1 aromatic carbocycles. The number of aliphatic hydroxyl groups is 1. The average Bonchev–Trinajstić information content (AvgIpc) is 2.65. The van der Waals surface area contributed by atoms with Crippen LogP contribution in [-0.2, 0) is 21.6 Å². The lowest BCUT2D eigenvalue weighted by Crippen LogP contribution is -2.37. The number of carboxylic acid groups (broad SMARTS) is 1. The van der Waals surface area contributed by atoms with Crippen molar-refractivity contribution in [3.63, 3.8) is 0 Å². The monoisotopic (exact) mass is 240 g/mol. The van der Waals surface area contributed by atoms with E-state index in [0.717, 1.165) is 0 Å². The topological polar surface area (TPSA) is 66.8 Å². The van der Waals surface area contributed by atoms with Crippen molar-refractivity contribution in [3.05, 3.63) is 35.1 Å². The van der Waals surface area contributed by atoms with E-state index in [1.165, 1.54) is 18.2 Å². The summed E-state index contributed by atoms with van der Waals surface area (Å²) in [4.78, 5) is 11.4. The molecule has 0 aliphatic heterocycles. The van der Waals surface area contributed by atoms with E-state index in [4.69, 9.17) is 9.84 Å². The Hall–Kier alpha value is -1.46. The standard InChI is InChI=1S/C12H13FO4/c13-9-1-2-10-8(7-9)3-4-12(10,11(15)16)17-6-5-14/h1-2,7,14H,3-6H2,(H,15,16). The zero-order chi connectivity index (χ0) is 12.5. The summed E-state index contributed by atoms with van der Waals surface area (Å²) in [6, 6.07) is 4.01. The van der Waals surface area contributed by atoms with Crippen LogP contribution in [0.2, 0.25) is 0 Å². The predicted octanol–water partition coefficient (Wildman–Crippen LogP) is 1.06. The molecule has 0 spiro atoms. The number of aliphatic carboxylic acids is 1. The number of benzene rings is 1. The largest absolute Gasteiger partial charge is 0.479 e. The number of rotatable bonds is 4. The molecule has 2 N–H and O–H groups in total. The molecule has 0 aromatic heterocycles. The van der Waals surface area contributed by atoms with Gasteiger partial charge in [-0.1, -0.05) is 6.07 Å². The Kier molecular flexibility index (Phi) is 3.13. The van der Waals surface area contributed by atoms with E-state index >= 15 is 0 Å². The molecular formula is C12H13FO4. The molecule has 0 heterocycles. The molecule has 2 rings (SSSR count). The summed E-state index contributed by atoms with van der Waals surface area (Å²) < 4.78 is 18.3. The molecule has 0 fully saturated rings. The van der Waals surface area contributed by atoms with Gasteiger partial charge in [-0.2, -0.15) is 0 Å². The number of aryl methyl sites for hydroxylation is 1. The van der Waals surface area contributed by atoms with Gasteiger partial charge in [0.25, 0.3) is 0 Å². The van der Waals surface area contributed by atoms with E-state index < -0.39 is 11.6 Å². The van der Waals surface area contributed by atoms with Crippen molar-refractivity contribution in [2.75, 3.05) is 13.2 Å². The van der Waals surface area contributed by atoms with E-state index in [1.807, 2.05) is 0 Å². The van der Waals surface area contributed by atoms with E-state index in [2.05, 4.69) is 0 Å². The maximum Gasteiger partial charge on any atom is 0.340 e. The first kappa shape index (κ1) is 12.0. The quantitative estimate of drug-likeness (QED) is 0.825. The minimum Gasteiger partial charge on any atom is -0.479 e. The van der Waals surface area contributed by atoms with Crippen LogP contribution in [0.1, 0.15) is 17.5 Å². The molecule has 0 bridgehead atoms. The third kappa shape index (κ3) is 1.92. The second-order valence-corrected chi connectivity index (χ2v) is 4.01. The van der Waals surface area contributed by atoms with E-state index in [1.54, 1.807) is 0 Å². The summed E-state index contributed by atoms with van der Waals surface area (Å²) in [5.74, 6) is -1.48. The molecule has 4 nitrogen and oxygen atoms in total. The highest BCUT2D eigenvalue weighted by molar-refractivity contribution is 5.81. The lowest BCUT2D eigenvalue weighted by molar-refractivity contribution is -0.169. The maximum absolute atomic E-state index is 13.0. The first-order chi connectivity index (χ1) is 8.10. The van der Waals surface area contributed by atoms with Crippen LogP contribution in [0.4, 0.5) is 4.39 Å². The number of carbonyl (C=O) groups is 1. The molecule has 17 heavy (non-hydrogen) atoms. The van der Waals surface area contributed by atoms with Crippen molar-refractivity contribution in [3.8, 4) is 0 Å². The van der Waals surface area contributed by atoms with E-state index in [-0.39, 0.29) is 25.5 Å². The van der Waals surface area contributed by atoms with Gasteiger partial charge in [0.15, 0.2) is 5.60 Å². The first-order valence-electron chi connectivity index (χ1n) is 5.37. The number of ether oxygens (including phenoxy) is 1. The third-order valence-corrected chi connectivity index (χ3v) is 3.03. The van der Waals surface area contributed by atoms with Crippen LogP contribution in [0, 0.1) is 5.82 Å². The second-order valence-electron chi connectivity index (χ2n) is 4.01. The molecule has 0 amide bonds. The van der Waals surface area contributed by atoms with Crippen LogP contribution in [0.3, 0.4) is 0 Å². The fourth-order valence-corrected chi connectivity index (χ4v) is 2.26. The molecule has 0 radical (unpaired) electrons. The number of hydrogen-bond donors (Lipinski definition) is 2. The molecule has 0 saturated carbocycles. The summed E-state index contributed by atoms with van der Waals surface area (Å²) in [6.07, 6.45) is 0.728. The summed E-state index contributed by atoms with van der Waals surface area (Å²) >= 11 is 0. The molecule has 92 valence electrons. The fourth-order valence-electron chi connectivity index (χ4n) is 2.26. The number of aliphatic hydroxyl groups excluding tert-OH is 1. The number of carboxylic acids is 1. The van der Waals surface area contributed by atoms with Crippen molar-refractivity contribution in [1.82, 2.24) is 0 Å². The third-order valence-electron chi connectivity index (χ3n) is 3.03. The molecule has 1 aliphatic carbocycles. The van der Waals surface area contributed by atoms with E-state index in [9.17, 15) is 14.3 Å². The molecule has 1 atom stereocenters. The number of halogens is 1. The normalized spacial score (nSPS) is 22.5. The van der Waals surface area contributed by atoms with Gasteiger partial charge in [0, 0.05) is 0 Å². The van der Waals surface area contributed by atoms with Crippen molar-refractivity contribution >= 4 is 5.97 Å². The van der Waals surface area contributed by atoms with Gasteiger partial charge in [-0.3, -0.25) is 0 Å². The second kappa shape index (κ2) is 4.43. The van der Waals surface area contributed by atoms with Crippen molar-refractivity contribution in [2.24, 2.45) is 0 Å². The van der Waals surface area contributed by atoms with Gasteiger partial charge in [-0.25, -0.2) is 9.18 Å². The van der Waals surface area contributed by atoms with Crippen LogP contribution in [0.25, 0.3) is 0 Å². The zero-order valence-electron chi connectivity index (χ0n) is 9.15. The summed E-state index contributed by atoms with van der Waals surface area (Å²) in [7, 11) is 0. The SMILES string of the molecule is O=C(O)C1(OCCO)CCc2cc(F)ccc21. The predicted molar refractivity (Wildman–Crippen MR) is 57.1 cm³/mol. The highest BCUT2D eigenvalue weighted by Crippen LogP contribution is 2.40. The maximum atomic E-state index is 13.0. The Labute approximate surface area is 97.6 Å². The van der Waals surface area contributed by atoms with Crippen LogP contribution in [-0.4, -0.2) is 29.4 Å². The molecule has 1 aromatic rings. The lowest BCUT2D eigenvalue weighted by atomic mass is 9.96. The van der Waals surface area contributed by atoms with Gasteiger partial charge < -0.3 is 14.9 Å². The molecule has 5 heteroatoms. The first-order valence-corrected chi connectivity index (χ1v) is 5.37. The van der Waals surface area contributed by atoms with Crippen molar-refractivity contribution < 1.29 is 24.1 Å². The van der Waals surface area contributed by atoms with Gasteiger partial charge >= 0.3 is 5.97 Å². The van der Waals surface area contributed by atoms with Crippen LogP contribution >= 0.6 is 0 Å². The van der Waals surface area contributed by atoms with Gasteiger partial charge in [-0.05, 0) is 36.1 Å². The van der Waals surface area contributed by atoms with Gasteiger partial charge in [0.2, 0.25) is 0 Å². The van der Waals surface area contributed by atoms with E-state index in [0.29, 0.717) is 17.5 Å². The molecular weight excluding hydrogens is 227 g/mol. The minimum absolute atomic E-state index is 0.0525. The van der Waals surface area contributed by atoms with Crippen LogP contribution in [0.15, 0.2) is 18.2 Å². The van der Waals surface area contributed by atoms with Gasteiger partial charge in [0.1, 0.15) is 5.82 Å². The van der Waals surface area contributed by atoms with Crippen LogP contribution < -0.4 is 0 Å². The zero-order valence-corrected chi connectivity index (χ0v) is 9.15. The number of fused-ring (bicyclic) bond motifs is 1. The van der Waals surface area contributed by atoms with Crippen molar-refractivity contribution in [2.45, 2.75) is 18.4 Å². The minimum atomic E-state index is -1.44.